The van der Waals surface area contributed by atoms with E-state index in [1.807, 2.05) is 0 Å². The molecule has 0 atom stereocenters. The van der Waals surface area contributed by atoms with Gasteiger partial charge in [-0.1, -0.05) is 104 Å². The van der Waals surface area contributed by atoms with Gasteiger partial charge in [0.15, 0.2) is 0 Å². The number of rotatable bonds is 2. The van der Waals surface area contributed by atoms with Crippen molar-refractivity contribution < 1.29 is 4.42 Å². The van der Waals surface area contributed by atoms with Gasteiger partial charge in [0, 0.05) is 38.3 Å². The number of benzene rings is 5. The second kappa shape index (κ2) is 7.91. The van der Waals surface area contributed by atoms with Crippen LogP contribution in [0, 0.1) is 6.92 Å². The zero-order valence-electron chi connectivity index (χ0n) is 22.2. The highest BCUT2D eigenvalue weighted by atomic mass is 16.3. The number of furan rings is 1. The van der Waals surface area contributed by atoms with Gasteiger partial charge in [0.1, 0.15) is 11.2 Å². The van der Waals surface area contributed by atoms with E-state index in [9.17, 15) is 0 Å². The zero-order chi connectivity index (χ0) is 26.3. The van der Waals surface area contributed by atoms with Gasteiger partial charge in [0.25, 0.3) is 0 Å². The molecule has 0 N–H and O–H groups in total. The highest BCUT2D eigenvalue weighted by molar-refractivity contribution is 6.21. The lowest BCUT2D eigenvalue weighted by molar-refractivity contribution is 0.643. The fourth-order valence-electron chi connectivity index (χ4n) is 6.51. The van der Waals surface area contributed by atoms with Gasteiger partial charge in [0.2, 0.25) is 0 Å². The molecule has 0 unspecified atom stereocenters. The topological polar surface area (TPSA) is 26.0 Å². The summed E-state index contributed by atoms with van der Waals surface area (Å²) < 4.78 is 6.96. The number of fused-ring (bicyclic) bond motifs is 3. The van der Waals surface area contributed by atoms with Crippen LogP contribution in [0.2, 0.25) is 0 Å². The van der Waals surface area contributed by atoms with Crippen LogP contribution in [0.25, 0.3) is 66.4 Å². The molecule has 0 saturated heterocycles. The molecule has 1 aliphatic carbocycles. The minimum atomic E-state index is -0.281. The molecule has 2 nitrogen and oxygen atoms in total. The van der Waals surface area contributed by atoms with Crippen molar-refractivity contribution in [3.63, 3.8) is 0 Å². The highest BCUT2D eigenvalue weighted by Gasteiger charge is 2.36. The molecule has 186 valence electrons. The third-order valence-electron chi connectivity index (χ3n) is 8.51. The monoisotopic (exact) mass is 501 g/mol. The average Bonchev–Trinajstić information content (AvgIpc) is 3.34. The minimum Gasteiger partial charge on any atom is -0.455 e. The highest BCUT2D eigenvalue weighted by Crippen LogP contribution is 2.53. The van der Waals surface area contributed by atoms with E-state index in [0.717, 1.165) is 55.6 Å². The maximum Gasteiger partial charge on any atom is 0.143 e. The van der Waals surface area contributed by atoms with Gasteiger partial charge < -0.3 is 4.42 Å². The molecule has 0 amide bonds. The Kier molecular flexibility index (Phi) is 4.52. The van der Waals surface area contributed by atoms with Crippen molar-refractivity contribution in [1.82, 2.24) is 4.98 Å². The summed E-state index contributed by atoms with van der Waals surface area (Å²) in [5.41, 5.74) is 13.1. The van der Waals surface area contributed by atoms with Gasteiger partial charge in [-0.2, -0.15) is 0 Å². The van der Waals surface area contributed by atoms with Crippen LogP contribution in [0.1, 0.15) is 30.5 Å². The van der Waals surface area contributed by atoms with E-state index in [0.29, 0.717) is 0 Å². The van der Waals surface area contributed by atoms with Crippen molar-refractivity contribution in [2.24, 2.45) is 0 Å². The summed E-state index contributed by atoms with van der Waals surface area (Å²) in [6.07, 6.45) is 0. The van der Waals surface area contributed by atoms with Gasteiger partial charge in [-0.3, -0.25) is 0 Å². The molecule has 2 aromatic heterocycles. The molecule has 5 aromatic carbocycles. The van der Waals surface area contributed by atoms with Crippen LogP contribution in [0.4, 0.5) is 0 Å². The number of aryl methyl sites for hydroxylation is 1. The van der Waals surface area contributed by atoms with Gasteiger partial charge in [-0.05, 0) is 53.4 Å². The fraction of sp³-hybridized carbons (Fsp3) is 0.108. The predicted molar refractivity (Wildman–Crippen MR) is 162 cm³/mol. The SMILES string of the molecule is Cc1ccc2nc3c(cc2c1)C(C)(C)c1ccc(-c2ccccc2)c2oc4c(-c5ccccc5)ccc-3c4c12. The van der Waals surface area contributed by atoms with Crippen molar-refractivity contribution in [2.45, 2.75) is 26.2 Å². The Labute approximate surface area is 227 Å². The lowest BCUT2D eigenvalue weighted by Gasteiger charge is -2.28. The molecule has 39 heavy (non-hydrogen) atoms. The Morgan fingerprint density at radius 3 is 1.90 bits per heavy atom. The van der Waals surface area contributed by atoms with Gasteiger partial charge in [0.05, 0.1) is 11.2 Å². The zero-order valence-corrected chi connectivity index (χ0v) is 22.2. The summed E-state index contributed by atoms with van der Waals surface area (Å²) in [5.74, 6) is 0. The molecular formula is C37H27NO. The third kappa shape index (κ3) is 3.12. The van der Waals surface area contributed by atoms with Crippen molar-refractivity contribution >= 4 is 32.8 Å². The van der Waals surface area contributed by atoms with Crippen LogP contribution in [-0.4, -0.2) is 4.98 Å². The molecule has 0 radical (unpaired) electrons. The third-order valence-corrected chi connectivity index (χ3v) is 8.51. The Hall–Kier alpha value is -4.69. The van der Waals surface area contributed by atoms with Crippen molar-refractivity contribution in [3.8, 4) is 33.5 Å². The first-order valence-electron chi connectivity index (χ1n) is 13.6. The number of nitrogens with zero attached hydrogens (tertiary/aromatic N) is 1. The Morgan fingerprint density at radius 2 is 1.21 bits per heavy atom. The van der Waals surface area contributed by atoms with Crippen molar-refractivity contribution in [1.29, 1.82) is 0 Å². The Morgan fingerprint density at radius 1 is 0.590 bits per heavy atom. The van der Waals surface area contributed by atoms with Gasteiger partial charge in [-0.25, -0.2) is 4.98 Å². The van der Waals surface area contributed by atoms with Crippen LogP contribution >= 0.6 is 0 Å². The first-order valence-corrected chi connectivity index (χ1v) is 13.6. The van der Waals surface area contributed by atoms with E-state index in [-0.39, 0.29) is 5.41 Å². The predicted octanol–water partition coefficient (Wildman–Crippen LogP) is 10.1. The number of hydrogen-bond donors (Lipinski definition) is 0. The van der Waals surface area contributed by atoms with E-state index in [2.05, 4.69) is 130 Å². The minimum absolute atomic E-state index is 0.281. The van der Waals surface area contributed by atoms with E-state index >= 15 is 0 Å². The fourth-order valence-corrected chi connectivity index (χ4v) is 6.51. The average molecular weight is 502 g/mol. The lowest BCUT2D eigenvalue weighted by Crippen LogP contribution is -2.20. The molecule has 2 heterocycles. The smallest absolute Gasteiger partial charge is 0.143 e. The van der Waals surface area contributed by atoms with Gasteiger partial charge >= 0.3 is 0 Å². The summed E-state index contributed by atoms with van der Waals surface area (Å²) in [6.45, 7) is 6.80. The van der Waals surface area contributed by atoms with Gasteiger partial charge in [-0.15, -0.1) is 0 Å². The molecule has 2 heteroatoms. The Bertz CT molecular complexity index is 2080. The largest absolute Gasteiger partial charge is 0.455 e. The second-order valence-electron chi connectivity index (χ2n) is 11.3. The number of aromatic nitrogens is 1. The number of pyridine rings is 1. The van der Waals surface area contributed by atoms with E-state index in [1.54, 1.807) is 0 Å². The quantitative estimate of drug-likeness (QED) is 0.235. The standard InChI is InChI=1S/C37H27NO/c1-22-14-19-31-25(20-22)21-30-34(38-31)28-16-15-26(23-10-6-4-7-11-23)35-32(28)33-29(37(30,2)3)18-17-27(36(33)39-35)24-12-8-5-9-13-24/h4-21H,1-3H3. The van der Waals surface area contributed by atoms with Crippen LogP contribution in [-0.2, 0) is 5.41 Å². The normalized spacial score (nSPS) is 13.7. The van der Waals surface area contributed by atoms with Crippen LogP contribution < -0.4 is 0 Å². The molecule has 1 aliphatic rings. The first kappa shape index (κ1) is 22.3. The molecule has 8 rings (SSSR count). The summed E-state index contributed by atoms with van der Waals surface area (Å²) in [5, 5.41) is 3.54. The Balaban J connectivity index is 1.58. The van der Waals surface area contributed by atoms with Crippen molar-refractivity contribution in [3.05, 3.63) is 126 Å². The molecule has 0 aliphatic heterocycles. The molecule has 0 fully saturated rings. The molecular weight excluding hydrogens is 474 g/mol. The maximum absolute atomic E-state index is 6.96. The van der Waals surface area contributed by atoms with Crippen LogP contribution in [0.15, 0.2) is 114 Å². The molecule has 0 bridgehead atoms. The summed E-state index contributed by atoms with van der Waals surface area (Å²) in [6, 6.07) is 39.0. The summed E-state index contributed by atoms with van der Waals surface area (Å²) in [4.78, 5) is 5.33. The van der Waals surface area contributed by atoms with E-state index < -0.39 is 0 Å². The lowest BCUT2D eigenvalue weighted by atomic mass is 9.76. The molecule has 7 aromatic rings. The van der Waals surface area contributed by atoms with E-state index in [1.165, 1.54) is 27.5 Å². The second-order valence-corrected chi connectivity index (χ2v) is 11.3. The van der Waals surface area contributed by atoms with E-state index in [4.69, 9.17) is 9.40 Å². The van der Waals surface area contributed by atoms with Crippen LogP contribution in [0.3, 0.4) is 0 Å². The number of hydrogen-bond acceptors (Lipinski definition) is 2. The van der Waals surface area contributed by atoms with Crippen LogP contribution in [0.5, 0.6) is 0 Å². The molecule has 0 spiro atoms. The molecule has 0 saturated carbocycles. The summed E-state index contributed by atoms with van der Waals surface area (Å²) >= 11 is 0. The summed E-state index contributed by atoms with van der Waals surface area (Å²) in [7, 11) is 0. The first-order chi connectivity index (χ1) is 19.0. The maximum atomic E-state index is 6.96. The van der Waals surface area contributed by atoms with Crippen molar-refractivity contribution in [2.75, 3.05) is 0 Å².